The van der Waals surface area contributed by atoms with Crippen LogP contribution < -0.4 is 0 Å². The van der Waals surface area contributed by atoms with Crippen molar-refractivity contribution in [2.45, 2.75) is 12.7 Å². The number of hydrogen-bond donors (Lipinski definition) is 0. The molecule has 0 fully saturated rings. The minimum Gasteiger partial charge on any atom is -0.469 e. The van der Waals surface area contributed by atoms with Gasteiger partial charge in [0.25, 0.3) is 0 Å². The summed E-state index contributed by atoms with van der Waals surface area (Å²) in [7, 11) is 3.03. The number of hydrogen-bond acceptors (Lipinski definition) is 4. The molecule has 1 atom stereocenters. The van der Waals surface area contributed by atoms with Crippen LogP contribution in [0.2, 0.25) is 0 Å². The van der Waals surface area contributed by atoms with E-state index in [0.717, 1.165) is 5.76 Å². The first-order valence-electron chi connectivity index (χ1n) is 4.29. The molecule has 14 heavy (non-hydrogen) atoms. The molecule has 1 unspecified atom stereocenters. The van der Waals surface area contributed by atoms with Gasteiger partial charge in [-0.25, -0.2) is 0 Å². The molecule has 1 rings (SSSR count). The van der Waals surface area contributed by atoms with Gasteiger partial charge in [-0.1, -0.05) is 0 Å². The van der Waals surface area contributed by atoms with E-state index < -0.39 is 6.29 Å². The number of ether oxygens (including phenoxy) is 2. The number of nitriles is 1. The Kier molecular flexibility index (Phi) is 4.17. The van der Waals surface area contributed by atoms with Crippen molar-refractivity contribution < 1.29 is 13.9 Å². The van der Waals surface area contributed by atoms with Crippen LogP contribution in [-0.2, 0) is 15.9 Å². The summed E-state index contributed by atoms with van der Waals surface area (Å²) in [5.41, 5.74) is 0. The van der Waals surface area contributed by atoms with Crippen LogP contribution in [0.4, 0.5) is 0 Å². The zero-order chi connectivity index (χ0) is 10.4. The lowest BCUT2D eigenvalue weighted by molar-refractivity contribution is -0.125. The van der Waals surface area contributed by atoms with Crippen molar-refractivity contribution in [3.8, 4) is 6.07 Å². The summed E-state index contributed by atoms with van der Waals surface area (Å²) in [6.07, 6.45) is 1.57. The van der Waals surface area contributed by atoms with Gasteiger partial charge in [0.2, 0.25) is 0 Å². The van der Waals surface area contributed by atoms with Crippen molar-refractivity contribution >= 4 is 0 Å². The predicted molar refractivity (Wildman–Crippen MR) is 49.3 cm³/mol. The van der Waals surface area contributed by atoms with Crippen molar-refractivity contribution in [3.63, 3.8) is 0 Å². The van der Waals surface area contributed by atoms with Crippen molar-refractivity contribution in [3.05, 3.63) is 24.2 Å². The largest absolute Gasteiger partial charge is 0.469 e. The number of nitrogens with zero attached hydrogens (tertiary/aromatic N) is 1. The van der Waals surface area contributed by atoms with Gasteiger partial charge in [-0.05, 0) is 12.1 Å². The second kappa shape index (κ2) is 5.43. The second-order valence-corrected chi connectivity index (χ2v) is 2.86. The third-order valence-electron chi connectivity index (χ3n) is 1.96. The Morgan fingerprint density at radius 2 is 2.21 bits per heavy atom. The number of furan rings is 1. The molecule has 1 aromatic rings. The van der Waals surface area contributed by atoms with E-state index in [2.05, 4.69) is 6.07 Å². The van der Waals surface area contributed by atoms with Gasteiger partial charge in [0.1, 0.15) is 11.7 Å². The molecular weight excluding hydrogens is 182 g/mol. The molecule has 1 aromatic heterocycles. The van der Waals surface area contributed by atoms with E-state index >= 15 is 0 Å². The normalized spacial score (nSPS) is 12.7. The monoisotopic (exact) mass is 195 g/mol. The first kappa shape index (κ1) is 10.8. The Morgan fingerprint density at radius 1 is 1.50 bits per heavy atom. The molecule has 0 aromatic carbocycles. The van der Waals surface area contributed by atoms with E-state index in [-0.39, 0.29) is 5.92 Å². The van der Waals surface area contributed by atoms with E-state index in [1.165, 1.54) is 14.2 Å². The maximum Gasteiger partial charge on any atom is 0.172 e. The fourth-order valence-corrected chi connectivity index (χ4v) is 1.27. The average molecular weight is 195 g/mol. The highest BCUT2D eigenvalue weighted by Crippen LogP contribution is 2.14. The highest BCUT2D eigenvalue weighted by Gasteiger charge is 2.21. The van der Waals surface area contributed by atoms with Gasteiger partial charge < -0.3 is 13.9 Å². The van der Waals surface area contributed by atoms with Crippen molar-refractivity contribution in [2.24, 2.45) is 5.92 Å². The highest BCUT2D eigenvalue weighted by atomic mass is 16.7. The highest BCUT2D eigenvalue weighted by molar-refractivity contribution is 5.03. The van der Waals surface area contributed by atoms with Crippen LogP contribution in [0.3, 0.4) is 0 Å². The summed E-state index contributed by atoms with van der Waals surface area (Å²) in [5.74, 6) is 0.409. The minimum atomic E-state index is -0.509. The van der Waals surface area contributed by atoms with Crippen LogP contribution in [-0.4, -0.2) is 20.5 Å². The molecule has 0 saturated carbocycles. The third kappa shape index (κ3) is 2.59. The first-order valence-corrected chi connectivity index (χ1v) is 4.29. The lowest BCUT2D eigenvalue weighted by Gasteiger charge is -2.17. The Morgan fingerprint density at radius 3 is 2.64 bits per heavy atom. The van der Waals surface area contributed by atoms with Crippen LogP contribution in [0.15, 0.2) is 22.8 Å². The molecule has 1 heterocycles. The van der Waals surface area contributed by atoms with Gasteiger partial charge in [-0.3, -0.25) is 0 Å². The molecule has 0 aliphatic heterocycles. The molecule has 0 spiro atoms. The summed E-state index contributed by atoms with van der Waals surface area (Å²) in [6, 6.07) is 5.75. The topological polar surface area (TPSA) is 55.4 Å². The molecule has 0 aliphatic rings. The summed E-state index contributed by atoms with van der Waals surface area (Å²) >= 11 is 0. The lowest BCUT2D eigenvalue weighted by atomic mass is 10.1. The van der Waals surface area contributed by atoms with Gasteiger partial charge in [-0.2, -0.15) is 5.26 Å². The quantitative estimate of drug-likeness (QED) is 0.669. The second-order valence-electron chi connectivity index (χ2n) is 2.86. The SMILES string of the molecule is COC(OC)C(C#N)Cc1ccco1. The van der Waals surface area contributed by atoms with Crippen LogP contribution in [0, 0.1) is 17.2 Å². The first-order chi connectivity index (χ1) is 6.81. The third-order valence-corrected chi connectivity index (χ3v) is 1.96. The van der Waals surface area contributed by atoms with E-state index in [1.807, 2.05) is 6.07 Å². The number of methoxy groups -OCH3 is 2. The summed E-state index contributed by atoms with van der Waals surface area (Å²) < 4.78 is 15.2. The fourth-order valence-electron chi connectivity index (χ4n) is 1.27. The Hall–Kier alpha value is -1.31. The average Bonchev–Trinajstić information content (AvgIpc) is 2.70. The molecule has 0 N–H and O–H groups in total. The standard InChI is InChI=1S/C10H13NO3/c1-12-10(13-2)8(7-11)6-9-4-3-5-14-9/h3-5,8,10H,6H2,1-2H3. The van der Waals surface area contributed by atoms with E-state index in [4.69, 9.17) is 19.2 Å². The van der Waals surface area contributed by atoms with Gasteiger partial charge >= 0.3 is 0 Å². The Balaban J connectivity index is 2.59. The number of rotatable bonds is 5. The van der Waals surface area contributed by atoms with E-state index in [9.17, 15) is 0 Å². The molecule has 0 amide bonds. The fraction of sp³-hybridized carbons (Fsp3) is 0.500. The summed E-state index contributed by atoms with van der Waals surface area (Å²) in [6.45, 7) is 0. The molecule has 4 heteroatoms. The lowest BCUT2D eigenvalue weighted by Crippen LogP contribution is -2.25. The summed E-state index contributed by atoms with van der Waals surface area (Å²) in [5, 5.41) is 8.91. The smallest absolute Gasteiger partial charge is 0.172 e. The van der Waals surface area contributed by atoms with Crippen LogP contribution in [0.5, 0.6) is 0 Å². The van der Waals surface area contributed by atoms with Crippen molar-refractivity contribution in [1.29, 1.82) is 5.26 Å². The zero-order valence-corrected chi connectivity index (χ0v) is 8.27. The van der Waals surface area contributed by atoms with Gasteiger partial charge in [-0.15, -0.1) is 0 Å². The molecule has 0 radical (unpaired) electrons. The summed E-state index contributed by atoms with van der Waals surface area (Å²) in [4.78, 5) is 0. The zero-order valence-electron chi connectivity index (χ0n) is 8.27. The van der Waals surface area contributed by atoms with Crippen LogP contribution in [0.25, 0.3) is 0 Å². The molecular formula is C10H13NO3. The van der Waals surface area contributed by atoms with E-state index in [0.29, 0.717) is 6.42 Å². The molecule has 0 aliphatic carbocycles. The van der Waals surface area contributed by atoms with Gasteiger partial charge in [0, 0.05) is 20.6 Å². The Labute approximate surface area is 83.0 Å². The molecule has 76 valence electrons. The maximum absolute atomic E-state index is 8.91. The molecule has 0 bridgehead atoms. The predicted octanol–water partition coefficient (Wildman–Crippen LogP) is 1.58. The van der Waals surface area contributed by atoms with Gasteiger partial charge in [0.15, 0.2) is 6.29 Å². The van der Waals surface area contributed by atoms with Crippen molar-refractivity contribution in [2.75, 3.05) is 14.2 Å². The van der Waals surface area contributed by atoms with Crippen LogP contribution in [0.1, 0.15) is 5.76 Å². The van der Waals surface area contributed by atoms with Gasteiger partial charge in [0.05, 0.1) is 12.3 Å². The molecule has 4 nitrogen and oxygen atoms in total. The Bertz CT molecular complexity index is 285. The molecule has 0 saturated heterocycles. The maximum atomic E-state index is 8.91. The minimum absolute atomic E-state index is 0.351. The van der Waals surface area contributed by atoms with Crippen LogP contribution >= 0.6 is 0 Å². The van der Waals surface area contributed by atoms with E-state index in [1.54, 1.807) is 12.3 Å². The van der Waals surface area contributed by atoms with Crippen molar-refractivity contribution in [1.82, 2.24) is 0 Å².